The van der Waals surface area contributed by atoms with Crippen LogP contribution in [0.25, 0.3) is 5.57 Å². The van der Waals surface area contributed by atoms with Crippen LogP contribution >= 0.6 is 0 Å². The highest BCUT2D eigenvalue weighted by Crippen LogP contribution is 2.39. The van der Waals surface area contributed by atoms with E-state index in [2.05, 4.69) is 0 Å². The number of anilines is 1. The largest absolute Gasteiger partial charge is 0.495 e. The summed E-state index contributed by atoms with van der Waals surface area (Å²) in [6.45, 7) is 7.94. The number of nitrogens with zero attached hydrogens (tertiary/aromatic N) is 2. The lowest BCUT2D eigenvalue weighted by molar-refractivity contribution is -0.121. The van der Waals surface area contributed by atoms with Crippen LogP contribution in [0.1, 0.15) is 25.0 Å². The Morgan fingerprint density at radius 3 is 2.28 bits per heavy atom. The van der Waals surface area contributed by atoms with Crippen molar-refractivity contribution in [3.8, 4) is 11.5 Å². The molecule has 2 aromatic carbocycles. The summed E-state index contributed by atoms with van der Waals surface area (Å²) in [6.07, 6.45) is 0.0444. The molecule has 0 unspecified atom stereocenters. The van der Waals surface area contributed by atoms with Crippen LogP contribution in [0.3, 0.4) is 0 Å². The fraction of sp³-hybridized carbons (Fsp3) is 0.360. The predicted octanol–water partition coefficient (Wildman–Crippen LogP) is 3.41. The molecule has 168 valence electrons. The van der Waals surface area contributed by atoms with Crippen LogP contribution in [0.15, 0.2) is 48.2 Å². The van der Waals surface area contributed by atoms with Gasteiger partial charge in [0.05, 0.1) is 37.7 Å². The average molecular weight is 437 g/mol. The molecule has 0 bridgehead atoms. The van der Waals surface area contributed by atoms with Crippen LogP contribution in [0.5, 0.6) is 11.5 Å². The summed E-state index contributed by atoms with van der Waals surface area (Å²) in [5.74, 6) is 0.475. The number of amides is 2. The molecular formula is C25H28N2O5. The summed E-state index contributed by atoms with van der Waals surface area (Å²) in [4.78, 5) is 30.6. The average Bonchev–Trinajstić information content (AvgIpc) is 3.04. The molecule has 2 aliphatic heterocycles. The number of hydrogen-bond donors (Lipinski definition) is 0. The normalized spacial score (nSPS) is 16.9. The number of hydrogen-bond acceptors (Lipinski definition) is 6. The van der Waals surface area contributed by atoms with E-state index in [1.165, 1.54) is 12.0 Å². The Morgan fingerprint density at radius 2 is 1.66 bits per heavy atom. The molecule has 0 spiro atoms. The minimum atomic E-state index is -0.363. The Labute approximate surface area is 188 Å². The van der Waals surface area contributed by atoms with Crippen molar-refractivity contribution in [2.24, 2.45) is 0 Å². The molecule has 2 amide bonds. The second kappa shape index (κ2) is 9.04. The van der Waals surface area contributed by atoms with Gasteiger partial charge in [-0.05, 0) is 56.2 Å². The summed E-state index contributed by atoms with van der Waals surface area (Å²) >= 11 is 0. The maximum Gasteiger partial charge on any atom is 0.282 e. The van der Waals surface area contributed by atoms with Crippen LogP contribution in [0.4, 0.5) is 5.69 Å². The molecule has 4 rings (SSSR count). The molecular weight excluding hydrogens is 408 g/mol. The molecule has 0 aromatic heterocycles. The first-order valence-electron chi connectivity index (χ1n) is 10.8. The van der Waals surface area contributed by atoms with E-state index in [9.17, 15) is 9.59 Å². The van der Waals surface area contributed by atoms with Gasteiger partial charge in [0.2, 0.25) is 0 Å². The van der Waals surface area contributed by atoms with Gasteiger partial charge in [-0.15, -0.1) is 0 Å². The van der Waals surface area contributed by atoms with E-state index in [-0.39, 0.29) is 17.9 Å². The van der Waals surface area contributed by atoms with Crippen LogP contribution < -0.4 is 14.4 Å². The van der Waals surface area contributed by atoms with Crippen LogP contribution in [-0.4, -0.2) is 56.2 Å². The van der Waals surface area contributed by atoms with Crippen molar-refractivity contribution in [1.29, 1.82) is 0 Å². The molecule has 2 aliphatic rings. The fourth-order valence-electron chi connectivity index (χ4n) is 4.02. The minimum absolute atomic E-state index is 0.0444. The Morgan fingerprint density at radius 1 is 0.969 bits per heavy atom. The van der Waals surface area contributed by atoms with E-state index in [1.54, 1.807) is 12.1 Å². The molecule has 0 aliphatic carbocycles. The molecule has 7 heteroatoms. The van der Waals surface area contributed by atoms with Gasteiger partial charge in [-0.1, -0.05) is 18.2 Å². The molecule has 0 saturated carbocycles. The molecule has 32 heavy (non-hydrogen) atoms. The Hall–Kier alpha value is -3.32. The molecule has 1 fully saturated rings. The smallest absolute Gasteiger partial charge is 0.282 e. The third-order valence-electron chi connectivity index (χ3n) is 5.48. The first-order valence-corrected chi connectivity index (χ1v) is 10.8. The standard InChI is InChI=1S/C25H28N2O5/c1-16(2)32-19-8-6-18(7-9-19)22-23(26-11-13-31-14-12-26)25(29)27(24(22)28)20-15-17(3)5-10-21(20)30-4/h5-10,15-16H,11-14H2,1-4H3. The molecule has 0 atom stereocenters. The Balaban J connectivity index is 1.80. The number of imide groups is 1. The van der Waals surface area contributed by atoms with Crippen LogP contribution in [0.2, 0.25) is 0 Å². The lowest BCUT2D eigenvalue weighted by Crippen LogP contribution is -2.40. The summed E-state index contributed by atoms with van der Waals surface area (Å²) in [5.41, 5.74) is 2.84. The lowest BCUT2D eigenvalue weighted by Gasteiger charge is -2.29. The van der Waals surface area contributed by atoms with Crippen LogP contribution in [0, 0.1) is 6.92 Å². The second-order valence-corrected chi connectivity index (χ2v) is 8.14. The van der Waals surface area contributed by atoms with Crippen molar-refractivity contribution in [3.05, 3.63) is 59.3 Å². The van der Waals surface area contributed by atoms with Crippen molar-refractivity contribution in [1.82, 2.24) is 4.90 Å². The molecule has 0 N–H and O–H groups in total. The summed E-state index contributed by atoms with van der Waals surface area (Å²) in [5, 5.41) is 0. The van der Waals surface area contributed by atoms with Crippen molar-refractivity contribution < 1.29 is 23.8 Å². The fourth-order valence-corrected chi connectivity index (χ4v) is 4.02. The van der Waals surface area contributed by atoms with Gasteiger partial charge in [0, 0.05) is 13.1 Å². The van der Waals surface area contributed by atoms with Gasteiger partial charge in [0.15, 0.2) is 0 Å². The van der Waals surface area contributed by atoms with Gasteiger partial charge in [-0.2, -0.15) is 0 Å². The maximum atomic E-state index is 13.7. The van der Waals surface area contributed by atoms with E-state index < -0.39 is 0 Å². The molecule has 2 heterocycles. The second-order valence-electron chi connectivity index (χ2n) is 8.14. The summed E-state index contributed by atoms with van der Waals surface area (Å²) in [6, 6.07) is 12.8. The lowest BCUT2D eigenvalue weighted by atomic mass is 10.0. The zero-order valence-corrected chi connectivity index (χ0v) is 18.9. The van der Waals surface area contributed by atoms with Crippen molar-refractivity contribution in [2.75, 3.05) is 38.3 Å². The number of carbonyl (C=O) groups is 2. The number of carbonyl (C=O) groups excluding carboxylic acids is 2. The predicted molar refractivity (Wildman–Crippen MR) is 122 cm³/mol. The highest BCUT2D eigenvalue weighted by Gasteiger charge is 2.43. The quantitative estimate of drug-likeness (QED) is 0.647. The SMILES string of the molecule is COc1ccc(C)cc1N1C(=O)C(c2ccc(OC(C)C)cc2)=C(N2CCOCC2)C1=O. The number of rotatable bonds is 6. The highest BCUT2D eigenvalue weighted by molar-refractivity contribution is 6.45. The van der Waals surface area contributed by atoms with Gasteiger partial charge in [0.1, 0.15) is 17.2 Å². The van der Waals surface area contributed by atoms with E-state index in [1.807, 2.05) is 56.0 Å². The highest BCUT2D eigenvalue weighted by atomic mass is 16.5. The van der Waals surface area contributed by atoms with Crippen molar-refractivity contribution >= 4 is 23.1 Å². The number of aryl methyl sites for hydroxylation is 1. The van der Waals surface area contributed by atoms with Gasteiger partial charge in [0.25, 0.3) is 11.8 Å². The third kappa shape index (κ3) is 4.08. The Kier molecular flexibility index (Phi) is 6.19. The Bertz CT molecular complexity index is 1050. The minimum Gasteiger partial charge on any atom is -0.495 e. The van der Waals surface area contributed by atoms with Gasteiger partial charge >= 0.3 is 0 Å². The zero-order valence-electron chi connectivity index (χ0n) is 18.9. The number of benzene rings is 2. The zero-order chi connectivity index (χ0) is 22.8. The monoisotopic (exact) mass is 436 g/mol. The molecule has 2 aromatic rings. The van der Waals surface area contributed by atoms with Gasteiger partial charge < -0.3 is 19.1 Å². The van der Waals surface area contributed by atoms with E-state index in [0.29, 0.717) is 60.3 Å². The molecule has 7 nitrogen and oxygen atoms in total. The molecule has 0 radical (unpaired) electrons. The number of morpholine rings is 1. The number of ether oxygens (including phenoxy) is 3. The van der Waals surface area contributed by atoms with Crippen molar-refractivity contribution in [2.45, 2.75) is 26.9 Å². The third-order valence-corrected chi connectivity index (χ3v) is 5.48. The van der Waals surface area contributed by atoms with Crippen LogP contribution in [-0.2, 0) is 14.3 Å². The van der Waals surface area contributed by atoms with E-state index in [0.717, 1.165) is 5.56 Å². The summed E-state index contributed by atoms with van der Waals surface area (Å²) < 4.78 is 16.7. The maximum absolute atomic E-state index is 13.7. The van der Waals surface area contributed by atoms with E-state index >= 15 is 0 Å². The van der Waals surface area contributed by atoms with Gasteiger partial charge in [-0.3, -0.25) is 9.59 Å². The first-order chi connectivity index (χ1) is 15.4. The first kappa shape index (κ1) is 21.9. The van der Waals surface area contributed by atoms with Crippen molar-refractivity contribution in [3.63, 3.8) is 0 Å². The number of methoxy groups -OCH3 is 1. The topological polar surface area (TPSA) is 68.3 Å². The molecule has 1 saturated heterocycles. The summed E-state index contributed by atoms with van der Waals surface area (Å²) in [7, 11) is 1.53. The van der Waals surface area contributed by atoms with E-state index in [4.69, 9.17) is 14.2 Å². The van der Waals surface area contributed by atoms with Gasteiger partial charge in [-0.25, -0.2) is 4.90 Å².